The molecule has 0 N–H and O–H groups in total. The third kappa shape index (κ3) is 4.10. The van der Waals surface area contributed by atoms with E-state index in [0.717, 1.165) is 33.7 Å². The second kappa shape index (κ2) is 8.85. The molecule has 0 atom stereocenters. The van der Waals surface area contributed by atoms with Crippen LogP contribution in [-0.2, 0) is 4.79 Å². The van der Waals surface area contributed by atoms with Gasteiger partial charge in [-0.1, -0.05) is 72.3 Å². The fourth-order valence-corrected chi connectivity index (χ4v) is 4.16. The van der Waals surface area contributed by atoms with E-state index < -0.39 is 0 Å². The molecular weight excluding hydrogens is 420 g/mol. The lowest BCUT2D eigenvalue weighted by Gasteiger charge is -2.23. The molecule has 0 spiro atoms. The number of ether oxygens (including phenoxy) is 1. The van der Waals surface area contributed by atoms with E-state index in [1.807, 2.05) is 72.8 Å². The van der Waals surface area contributed by atoms with Crippen molar-refractivity contribution in [3.05, 3.63) is 107 Å². The monoisotopic (exact) mass is 440 g/mol. The molecule has 4 aromatic rings. The zero-order valence-electron chi connectivity index (χ0n) is 17.4. The predicted octanol–water partition coefficient (Wildman–Crippen LogP) is 5.76. The first-order valence-corrected chi connectivity index (χ1v) is 10.9. The van der Waals surface area contributed by atoms with E-state index in [1.54, 1.807) is 11.0 Å². The minimum Gasteiger partial charge on any atom is -0.492 e. The van der Waals surface area contributed by atoms with Gasteiger partial charge >= 0.3 is 0 Å². The maximum absolute atomic E-state index is 13.0. The molecule has 32 heavy (non-hydrogen) atoms. The van der Waals surface area contributed by atoms with Gasteiger partial charge in [-0.05, 0) is 41.1 Å². The Morgan fingerprint density at radius 2 is 1.66 bits per heavy atom. The lowest BCUT2D eigenvalue weighted by atomic mass is 10.0. The number of fused-ring (bicyclic) bond motifs is 2. The molecule has 5 heteroatoms. The quantitative estimate of drug-likeness (QED) is 0.396. The van der Waals surface area contributed by atoms with Gasteiger partial charge in [0.05, 0.1) is 17.9 Å². The third-order valence-corrected chi connectivity index (χ3v) is 5.76. The molecule has 1 aliphatic heterocycles. The van der Waals surface area contributed by atoms with Crippen LogP contribution in [0.5, 0.6) is 5.75 Å². The van der Waals surface area contributed by atoms with Crippen LogP contribution in [-0.4, -0.2) is 31.3 Å². The minimum absolute atomic E-state index is 0.0679. The summed E-state index contributed by atoms with van der Waals surface area (Å²) in [4.78, 5) is 19.4. The van der Waals surface area contributed by atoms with Crippen molar-refractivity contribution < 1.29 is 9.53 Å². The molecule has 158 valence electrons. The van der Waals surface area contributed by atoms with Crippen LogP contribution < -0.4 is 9.64 Å². The molecule has 0 saturated heterocycles. The number of halogens is 1. The Hall–Kier alpha value is -3.63. The lowest BCUT2D eigenvalue weighted by molar-refractivity contribution is -0.117. The fourth-order valence-electron chi connectivity index (χ4n) is 3.98. The normalized spacial score (nSPS) is 13.5. The number of aliphatic imine (C=N–C) groups is 1. The lowest BCUT2D eigenvalue weighted by Crippen LogP contribution is -2.36. The van der Waals surface area contributed by atoms with Crippen LogP contribution in [0.25, 0.3) is 10.8 Å². The van der Waals surface area contributed by atoms with Gasteiger partial charge in [0.25, 0.3) is 0 Å². The average Bonchev–Trinajstić information content (AvgIpc) is 2.96. The summed E-state index contributed by atoms with van der Waals surface area (Å²) in [5.74, 6) is 0.713. The molecule has 0 fully saturated rings. The average molecular weight is 441 g/mol. The number of carbonyl (C=O) groups is 1. The van der Waals surface area contributed by atoms with Crippen molar-refractivity contribution in [2.24, 2.45) is 4.99 Å². The Bertz CT molecular complexity index is 1320. The molecule has 1 heterocycles. The highest BCUT2D eigenvalue weighted by Crippen LogP contribution is 2.30. The number of rotatable bonds is 5. The van der Waals surface area contributed by atoms with Crippen LogP contribution in [0.15, 0.2) is 96.0 Å². The van der Waals surface area contributed by atoms with Crippen LogP contribution in [0.4, 0.5) is 5.69 Å². The van der Waals surface area contributed by atoms with Crippen molar-refractivity contribution in [1.29, 1.82) is 0 Å². The summed E-state index contributed by atoms with van der Waals surface area (Å²) >= 11 is 6.32. The third-order valence-electron chi connectivity index (χ3n) is 5.53. The number of benzodiazepines with no additional fused rings is 1. The molecule has 0 unspecified atom stereocenters. The predicted molar refractivity (Wildman–Crippen MR) is 130 cm³/mol. The van der Waals surface area contributed by atoms with Crippen molar-refractivity contribution in [3.8, 4) is 5.75 Å². The standard InChI is InChI=1S/C27H21ClN2O2/c28-22-11-13-25-24(17-22)27(20-7-2-1-3-8-20)29-18-26(31)30(25)14-15-32-23-12-10-19-6-4-5-9-21(19)16-23/h1-13,16-17H,14-15,18H2. The molecule has 0 aliphatic carbocycles. The van der Waals surface area contributed by atoms with Crippen molar-refractivity contribution in [1.82, 2.24) is 0 Å². The van der Waals surface area contributed by atoms with Crippen molar-refractivity contribution in [2.45, 2.75) is 0 Å². The highest BCUT2D eigenvalue weighted by atomic mass is 35.5. The number of carbonyl (C=O) groups excluding carboxylic acids is 1. The zero-order valence-corrected chi connectivity index (χ0v) is 18.1. The van der Waals surface area contributed by atoms with E-state index in [9.17, 15) is 4.79 Å². The molecule has 0 radical (unpaired) electrons. The smallest absolute Gasteiger partial charge is 0.248 e. The molecule has 5 rings (SSSR count). The van der Waals surface area contributed by atoms with E-state index >= 15 is 0 Å². The highest BCUT2D eigenvalue weighted by Gasteiger charge is 2.25. The number of anilines is 1. The summed E-state index contributed by atoms with van der Waals surface area (Å²) in [7, 11) is 0. The summed E-state index contributed by atoms with van der Waals surface area (Å²) in [6.45, 7) is 0.858. The Balaban J connectivity index is 1.40. The number of benzene rings is 4. The van der Waals surface area contributed by atoms with E-state index in [2.05, 4.69) is 17.1 Å². The van der Waals surface area contributed by atoms with Gasteiger partial charge in [0.15, 0.2) is 0 Å². The van der Waals surface area contributed by atoms with Gasteiger partial charge in [0.1, 0.15) is 18.9 Å². The largest absolute Gasteiger partial charge is 0.492 e. The SMILES string of the molecule is O=C1CN=C(c2ccccc2)c2cc(Cl)ccc2N1CCOc1ccc2ccccc2c1. The second-order valence-corrected chi connectivity index (χ2v) is 8.03. The minimum atomic E-state index is -0.0679. The van der Waals surface area contributed by atoms with E-state index in [-0.39, 0.29) is 12.5 Å². The maximum atomic E-state index is 13.0. The Kier molecular flexibility index (Phi) is 5.61. The van der Waals surface area contributed by atoms with Crippen molar-refractivity contribution in [3.63, 3.8) is 0 Å². The molecule has 1 aliphatic rings. The van der Waals surface area contributed by atoms with Crippen molar-refractivity contribution in [2.75, 3.05) is 24.6 Å². The van der Waals surface area contributed by atoms with E-state index in [4.69, 9.17) is 16.3 Å². The summed E-state index contributed by atoms with van der Waals surface area (Å²) in [6.07, 6.45) is 0. The number of nitrogens with zero attached hydrogens (tertiary/aromatic N) is 2. The zero-order chi connectivity index (χ0) is 21.9. The number of hydrogen-bond acceptors (Lipinski definition) is 3. The van der Waals surface area contributed by atoms with Crippen LogP contribution in [0.1, 0.15) is 11.1 Å². The number of amides is 1. The van der Waals surface area contributed by atoms with Gasteiger partial charge in [-0.25, -0.2) is 0 Å². The topological polar surface area (TPSA) is 41.9 Å². The van der Waals surface area contributed by atoms with Gasteiger partial charge in [-0.2, -0.15) is 0 Å². The van der Waals surface area contributed by atoms with Gasteiger partial charge in [-0.15, -0.1) is 0 Å². The molecule has 4 aromatic carbocycles. The molecule has 4 nitrogen and oxygen atoms in total. The Morgan fingerprint density at radius 1 is 0.875 bits per heavy atom. The van der Waals surface area contributed by atoms with Crippen LogP contribution in [0, 0.1) is 0 Å². The molecule has 0 aromatic heterocycles. The van der Waals surface area contributed by atoms with E-state index in [0.29, 0.717) is 18.2 Å². The Labute approximate surface area is 191 Å². The summed E-state index contributed by atoms with van der Waals surface area (Å²) in [6, 6.07) is 29.6. The van der Waals surface area contributed by atoms with E-state index in [1.165, 1.54) is 5.39 Å². The summed E-state index contributed by atoms with van der Waals surface area (Å²) < 4.78 is 6.00. The molecule has 1 amide bonds. The first kappa shape index (κ1) is 20.3. The summed E-state index contributed by atoms with van der Waals surface area (Å²) in [5.41, 5.74) is 3.37. The van der Waals surface area contributed by atoms with Gasteiger partial charge in [0, 0.05) is 16.1 Å². The van der Waals surface area contributed by atoms with Crippen LogP contribution >= 0.6 is 11.6 Å². The van der Waals surface area contributed by atoms with Crippen LogP contribution in [0.3, 0.4) is 0 Å². The molecule has 0 bridgehead atoms. The number of hydrogen-bond donors (Lipinski definition) is 0. The second-order valence-electron chi connectivity index (χ2n) is 7.60. The van der Waals surface area contributed by atoms with Gasteiger partial charge in [-0.3, -0.25) is 9.79 Å². The highest BCUT2D eigenvalue weighted by molar-refractivity contribution is 6.32. The van der Waals surface area contributed by atoms with Gasteiger partial charge < -0.3 is 9.64 Å². The Morgan fingerprint density at radius 3 is 2.50 bits per heavy atom. The van der Waals surface area contributed by atoms with Crippen LogP contribution in [0.2, 0.25) is 5.02 Å². The van der Waals surface area contributed by atoms with Gasteiger partial charge in [0.2, 0.25) is 5.91 Å². The fraction of sp³-hybridized carbons (Fsp3) is 0.111. The first-order chi connectivity index (χ1) is 15.7. The maximum Gasteiger partial charge on any atom is 0.248 e. The first-order valence-electron chi connectivity index (χ1n) is 10.5. The molecular formula is C27H21ClN2O2. The molecule has 0 saturated carbocycles. The van der Waals surface area contributed by atoms with Crippen molar-refractivity contribution >= 4 is 39.7 Å². The summed E-state index contributed by atoms with van der Waals surface area (Å²) in [5, 5.41) is 2.89.